The summed E-state index contributed by atoms with van der Waals surface area (Å²) >= 11 is 6.28. The number of ether oxygens (including phenoxy) is 1. The average molecular weight is 474 g/mol. The van der Waals surface area contributed by atoms with Crippen LogP contribution in [0.2, 0.25) is 5.02 Å². The number of fused-ring (bicyclic) bond motifs is 1. The van der Waals surface area contributed by atoms with Gasteiger partial charge in [0.05, 0.1) is 11.1 Å². The SMILES string of the molecule is O=C(NCC1(c2cccc(Cl)c2)CCOCC1)c1nn(-c2ccccc2)c(=O)c2ccccc12. The van der Waals surface area contributed by atoms with Crippen molar-refractivity contribution >= 4 is 28.3 Å². The van der Waals surface area contributed by atoms with E-state index in [9.17, 15) is 9.59 Å². The Hall–Kier alpha value is -3.48. The highest BCUT2D eigenvalue weighted by Crippen LogP contribution is 2.35. The van der Waals surface area contributed by atoms with E-state index in [0.29, 0.717) is 41.2 Å². The van der Waals surface area contributed by atoms with Crippen LogP contribution in [0.5, 0.6) is 0 Å². The Labute approximate surface area is 202 Å². The summed E-state index contributed by atoms with van der Waals surface area (Å²) in [7, 11) is 0. The van der Waals surface area contributed by atoms with E-state index in [2.05, 4.69) is 10.4 Å². The van der Waals surface area contributed by atoms with Crippen LogP contribution in [0.15, 0.2) is 83.7 Å². The number of amides is 1. The summed E-state index contributed by atoms with van der Waals surface area (Å²) < 4.78 is 6.90. The van der Waals surface area contributed by atoms with E-state index in [1.165, 1.54) is 4.68 Å². The predicted octanol–water partition coefficient (Wildman–Crippen LogP) is 4.52. The first-order chi connectivity index (χ1) is 16.6. The highest BCUT2D eigenvalue weighted by molar-refractivity contribution is 6.30. The van der Waals surface area contributed by atoms with Crippen molar-refractivity contribution in [2.24, 2.45) is 0 Å². The molecule has 5 rings (SSSR count). The van der Waals surface area contributed by atoms with Gasteiger partial charge in [-0.1, -0.05) is 60.1 Å². The molecular weight excluding hydrogens is 450 g/mol. The van der Waals surface area contributed by atoms with Crippen molar-refractivity contribution in [1.29, 1.82) is 0 Å². The Balaban J connectivity index is 1.52. The van der Waals surface area contributed by atoms with Gasteiger partial charge in [0.1, 0.15) is 0 Å². The number of para-hydroxylation sites is 1. The summed E-state index contributed by atoms with van der Waals surface area (Å²) in [6.45, 7) is 1.64. The number of nitrogens with one attached hydrogen (secondary N) is 1. The first-order valence-corrected chi connectivity index (χ1v) is 11.6. The normalized spacial score (nSPS) is 15.2. The van der Waals surface area contributed by atoms with Crippen molar-refractivity contribution < 1.29 is 9.53 Å². The minimum absolute atomic E-state index is 0.215. The Kier molecular flexibility index (Phi) is 6.18. The van der Waals surface area contributed by atoms with Crippen LogP contribution in [0.1, 0.15) is 28.9 Å². The van der Waals surface area contributed by atoms with Crippen LogP contribution in [0.25, 0.3) is 16.5 Å². The predicted molar refractivity (Wildman–Crippen MR) is 133 cm³/mol. The fourth-order valence-electron chi connectivity index (χ4n) is 4.58. The van der Waals surface area contributed by atoms with Crippen LogP contribution in [-0.2, 0) is 10.2 Å². The van der Waals surface area contributed by atoms with Gasteiger partial charge < -0.3 is 10.1 Å². The Morgan fingerprint density at radius 2 is 1.68 bits per heavy atom. The van der Waals surface area contributed by atoms with Crippen LogP contribution in [0.4, 0.5) is 0 Å². The monoisotopic (exact) mass is 473 g/mol. The van der Waals surface area contributed by atoms with E-state index in [1.54, 1.807) is 36.4 Å². The Bertz CT molecular complexity index is 1400. The first kappa shape index (κ1) is 22.3. The summed E-state index contributed by atoms with van der Waals surface area (Å²) in [6.07, 6.45) is 1.54. The second-order valence-corrected chi connectivity index (χ2v) is 8.97. The number of carbonyl (C=O) groups is 1. The van der Waals surface area contributed by atoms with Crippen LogP contribution in [0.3, 0.4) is 0 Å². The van der Waals surface area contributed by atoms with Gasteiger partial charge in [-0.2, -0.15) is 9.78 Å². The molecule has 0 bridgehead atoms. The van der Waals surface area contributed by atoms with Crippen LogP contribution in [0, 0.1) is 0 Å². The van der Waals surface area contributed by atoms with E-state index in [1.807, 2.05) is 42.5 Å². The van der Waals surface area contributed by atoms with Gasteiger partial charge in [0.2, 0.25) is 0 Å². The molecule has 0 atom stereocenters. The lowest BCUT2D eigenvalue weighted by Crippen LogP contribution is -2.45. The Morgan fingerprint density at radius 3 is 2.41 bits per heavy atom. The molecule has 1 saturated heterocycles. The number of nitrogens with zero attached hydrogens (tertiary/aromatic N) is 2. The van der Waals surface area contributed by atoms with E-state index in [0.717, 1.165) is 18.4 Å². The van der Waals surface area contributed by atoms with Crippen LogP contribution < -0.4 is 10.9 Å². The number of aromatic nitrogens is 2. The van der Waals surface area contributed by atoms with Gasteiger partial charge in [0.25, 0.3) is 11.5 Å². The molecule has 1 fully saturated rings. The lowest BCUT2D eigenvalue weighted by atomic mass is 9.74. The molecule has 1 aliphatic rings. The second kappa shape index (κ2) is 9.41. The number of hydrogen-bond donors (Lipinski definition) is 1. The number of rotatable bonds is 5. The van der Waals surface area contributed by atoms with Crippen molar-refractivity contribution in [3.05, 3.63) is 105 Å². The fourth-order valence-corrected chi connectivity index (χ4v) is 4.77. The molecule has 1 aliphatic heterocycles. The highest BCUT2D eigenvalue weighted by atomic mass is 35.5. The van der Waals surface area contributed by atoms with E-state index in [-0.39, 0.29) is 22.6 Å². The number of carbonyl (C=O) groups excluding carboxylic acids is 1. The summed E-state index contributed by atoms with van der Waals surface area (Å²) in [6, 6.07) is 24.0. The summed E-state index contributed by atoms with van der Waals surface area (Å²) in [5, 5.41) is 9.23. The summed E-state index contributed by atoms with van der Waals surface area (Å²) in [5.41, 5.74) is 1.34. The third-order valence-corrected chi connectivity index (χ3v) is 6.73. The molecule has 7 heteroatoms. The van der Waals surface area contributed by atoms with Crippen molar-refractivity contribution in [2.75, 3.05) is 19.8 Å². The fraction of sp³-hybridized carbons (Fsp3) is 0.222. The van der Waals surface area contributed by atoms with Gasteiger partial charge in [-0.05, 0) is 48.7 Å². The van der Waals surface area contributed by atoms with Crippen molar-refractivity contribution in [3.63, 3.8) is 0 Å². The molecule has 6 nitrogen and oxygen atoms in total. The summed E-state index contributed by atoms with van der Waals surface area (Å²) in [5.74, 6) is -0.325. The largest absolute Gasteiger partial charge is 0.381 e. The maximum absolute atomic E-state index is 13.5. The summed E-state index contributed by atoms with van der Waals surface area (Å²) in [4.78, 5) is 26.6. The minimum Gasteiger partial charge on any atom is -0.381 e. The molecule has 4 aromatic rings. The van der Waals surface area contributed by atoms with Crippen molar-refractivity contribution in [2.45, 2.75) is 18.3 Å². The molecule has 0 spiro atoms. The standard InChI is InChI=1S/C27H24ClN3O3/c28-20-8-6-7-19(17-20)27(13-15-34-16-14-27)18-29-25(32)24-22-11-4-5-12-23(22)26(33)31(30-24)21-9-2-1-3-10-21/h1-12,17H,13-16,18H2,(H,29,32). The Morgan fingerprint density at radius 1 is 0.971 bits per heavy atom. The molecule has 1 N–H and O–H groups in total. The van der Waals surface area contributed by atoms with E-state index >= 15 is 0 Å². The zero-order valence-electron chi connectivity index (χ0n) is 18.5. The molecule has 1 amide bonds. The topological polar surface area (TPSA) is 73.2 Å². The van der Waals surface area contributed by atoms with Gasteiger partial charge >= 0.3 is 0 Å². The average Bonchev–Trinajstić information content (AvgIpc) is 2.89. The maximum Gasteiger partial charge on any atom is 0.279 e. The third kappa shape index (κ3) is 4.22. The van der Waals surface area contributed by atoms with Crippen molar-refractivity contribution in [3.8, 4) is 5.69 Å². The molecule has 172 valence electrons. The molecule has 34 heavy (non-hydrogen) atoms. The molecule has 0 unspecified atom stereocenters. The zero-order valence-corrected chi connectivity index (χ0v) is 19.3. The molecule has 1 aromatic heterocycles. The van der Waals surface area contributed by atoms with Crippen LogP contribution >= 0.6 is 11.6 Å². The molecule has 3 aromatic carbocycles. The third-order valence-electron chi connectivity index (χ3n) is 6.50. The number of halogens is 1. The quantitative estimate of drug-likeness (QED) is 0.462. The number of hydrogen-bond acceptors (Lipinski definition) is 4. The number of benzene rings is 3. The van der Waals surface area contributed by atoms with E-state index in [4.69, 9.17) is 16.3 Å². The second-order valence-electron chi connectivity index (χ2n) is 8.53. The lowest BCUT2D eigenvalue weighted by Gasteiger charge is -2.38. The minimum atomic E-state index is -0.325. The molecule has 0 radical (unpaired) electrons. The van der Waals surface area contributed by atoms with Gasteiger partial charge in [0.15, 0.2) is 5.69 Å². The molecule has 0 aliphatic carbocycles. The van der Waals surface area contributed by atoms with Gasteiger partial charge in [0, 0.05) is 35.6 Å². The first-order valence-electron chi connectivity index (χ1n) is 11.3. The van der Waals surface area contributed by atoms with Gasteiger partial charge in [-0.15, -0.1) is 0 Å². The highest BCUT2D eigenvalue weighted by Gasteiger charge is 2.35. The van der Waals surface area contributed by atoms with Gasteiger partial charge in [-0.3, -0.25) is 9.59 Å². The smallest absolute Gasteiger partial charge is 0.279 e. The van der Waals surface area contributed by atoms with Gasteiger partial charge in [-0.25, -0.2) is 0 Å². The van der Waals surface area contributed by atoms with E-state index < -0.39 is 0 Å². The molecule has 2 heterocycles. The zero-order chi connectivity index (χ0) is 23.5. The maximum atomic E-state index is 13.5. The lowest BCUT2D eigenvalue weighted by molar-refractivity contribution is 0.0487. The molecular formula is C27H24ClN3O3. The molecule has 0 saturated carbocycles. The van der Waals surface area contributed by atoms with Crippen LogP contribution in [-0.4, -0.2) is 35.4 Å². The van der Waals surface area contributed by atoms with Crippen molar-refractivity contribution in [1.82, 2.24) is 15.1 Å².